The minimum Gasteiger partial charge on any atom is -0.753 e. The van der Waals surface area contributed by atoms with E-state index in [0.29, 0.717) is 0 Å². The van der Waals surface area contributed by atoms with Crippen LogP contribution in [0.2, 0.25) is 0 Å². The van der Waals surface area contributed by atoms with E-state index >= 15 is 0 Å². The van der Waals surface area contributed by atoms with Crippen LogP contribution in [0.1, 0.15) is 5.56 Å². The Morgan fingerprint density at radius 2 is 1.71 bits per heavy atom. The average molecular weight is 213 g/mol. The molecule has 14 heavy (non-hydrogen) atoms. The summed E-state index contributed by atoms with van der Waals surface area (Å²) in [6, 6.07) is 9.25. The molecule has 4 heteroatoms. The first-order chi connectivity index (χ1) is 6.33. The van der Waals surface area contributed by atoms with Crippen LogP contribution in [-0.4, -0.2) is 25.4 Å². The van der Waals surface area contributed by atoms with Gasteiger partial charge in [-0.15, -0.1) is 0 Å². The van der Waals surface area contributed by atoms with E-state index in [1.165, 1.54) is 0 Å². The van der Waals surface area contributed by atoms with E-state index in [4.69, 9.17) is 0 Å². The van der Waals surface area contributed by atoms with Gasteiger partial charge in [0.1, 0.15) is 0 Å². The van der Waals surface area contributed by atoms with E-state index in [1.807, 2.05) is 30.3 Å². The highest BCUT2D eigenvalue weighted by molar-refractivity contribution is 7.49. The van der Waals surface area contributed by atoms with Crippen LogP contribution in [0.4, 0.5) is 0 Å². The number of benzene rings is 1. The summed E-state index contributed by atoms with van der Waals surface area (Å²) >= 11 is 0. The van der Waals surface area contributed by atoms with Crippen molar-refractivity contribution in [3.8, 4) is 0 Å². The quantitative estimate of drug-likeness (QED) is 0.713. The minimum absolute atomic E-state index is 0.0120. The molecule has 1 rings (SSSR count). The Labute approximate surface area is 85.1 Å². The number of rotatable bonds is 3. The standard InChI is InChI=1S/C10H16NO2P/c1-11(2,3)14(12,13)9-10-7-5-4-6-8-10/h4-8H,9H2,1-3H3. The summed E-state index contributed by atoms with van der Waals surface area (Å²) in [5, 5.41) is 0. The molecular weight excluding hydrogens is 197 g/mol. The number of hydrogen-bond donors (Lipinski definition) is 0. The molecule has 1 aromatic rings. The maximum Gasteiger partial charge on any atom is 0.194 e. The second-order valence-corrected chi connectivity index (χ2v) is 7.01. The second kappa shape index (κ2) is 3.85. The highest BCUT2D eigenvalue weighted by atomic mass is 31.2. The first-order valence-corrected chi connectivity index (χ1v) is 6.25. The van der Waals surface area contributed by atoms with Crippen LogP contribution in [0.25, 0.3) is 0 Å². The second-order valence-electron chi connectivity index (χ2n) is 4.22. The van der Waals surface area contributed by atoms with Crippen molar-refractivity contribution >= 4 is 7.52 Å². The molecule has 78 valence electrons. The molecule has 0 fully saturated rings. The lowest BCUT2D eigenvalue weighted by atomic mass is 10.2. The summed E-state index contributed by atoms with van der Waals surface area (Å²) in [5.74, 6) is 0. The molecule has 0 radical (unpaired) electrons. The van der Waals surface area contributed by atoms with E-state index in [-0.39, 0.29) is 10.4 Å². The van der Waals surface area contributed by atoms with Crippen molar-refractivity contribution in [2.24, 2.45) is 0 Å². The molecule has 0 aliphatic carbocycles. The van der Waals surface area contributed by atoms with Crippen molar-refractivity contribution in [2.45, 2.75) is 6.16 Å². The molecule has 0 aliphatic heterocycles. The SMILES string of the molecule is C[N+](C)(C)P(=O)([O-])Cc1ccccc1. The lowest BCUT2D eigenvalue weighted by Gasteiger charge is -2.38. The van der Waals surface area contributed by atoms with Gasteiger partial charge in [0, 0.05) is 0 Å². The Hall–Kier alpha value is -0.630. The third-order valence-corrected chi connectivity index (χ3v) is 4.73. The molecule has 3 nitrogen and oxygen atoms in total. The van der Waals surface area contributed by atoms with Crippen molar-refractivity contribution < 1.29 is 13.7 Å². The van der Waals surface area contributed by atoms with Crippen molar-refractivity contribution in [1.29, 1.82) is 0 Å². The van der Waals surface area contributed by atoms with Crippen LogP contribution in [0.3, 0.4) is 0 Å². The summed E-state index contributed by atoms with van der Waals surface area (Å²) in [5.41, 5.74) is 0.846. The van der Waals surface area contributed by atoms with Gasteiger partial charge in [-0.3, -0.25) is 4.57 Å². The summed E-state index contributed by atoms with van der Waals surface area (Å²) in [6.07, 6.45) is 0.122. The number of quaternary nitrogens is 1. The van der Waals surface area contributed by atoms with E-state index < -0.39 is 7.52 Å². The van der Waals surface area contributed by atoms with Gasteiger partial charge in [-0.2, -0.15) is 0 Å². The largest absolute Gasteiger partial charge is 0.753 e. The predicted octanol–water partition coefficient (Wildman–Crippen LogP) is 1.45. The van der Waals surface area contributed by atoms with E-state index in [2.05, 4.69) is 0 Å². The Balaban J connectivity index is 2.85. The normalized spacial score (nSPS) is 16.3. The Kier molecular flexibility index (Phi) is 3.15. The highest BCUT2D eigenvalue weighted by Crippen LogP contribution is 2.46. The van der Waals surface area contributed by atoms with E-state index in [1.54, 1.807) is 21.1 Å². The molecule has 0 heterocycles. The smallest absolute Gasteiger partial charge is 0.194 e. The summed E-state index contributed by atoms with van der Waals surface area (Å²) in [4.78, 5) is 11.8. The molecule has 0 aromatic heterocycles. The fourth-order valence-corrected chi connectivity index (χ4v) is 2.12. The monoisotopic (exact) mass is 213 g/mol. The van der Waals surface area contributed by atoms with Crippen LogP contribution in [0, 0.1) is 0 Å². The Bertz CT molecular complexity index is 343. The maximum atomic E-state index is 11.8. The van der Waals surface area contributed by atoms with Crippen LogP contribution in [-0.2, 0) is 10.7 Å². The van der Waals surface area contributed by atoms with Crippen molar-refractivity contribution in [1.82, 2.24) is 0 Å². The molecule has 0 spiro atoms. The van der Waals surface area contributed by atoms with Crippen molar-refractivity contribution in [2.75, 3.05) is 21.1 Å². The van der Waals surface area contributed by atoms with Crippen molar-refractivity contribution in [3.05, 3.63) is 35.9 Å². The first-order valence-electron chi connectivity index (χ1n) is 4.49. The van der Waals surface area contributed by atoms with Gasteiger partial charge in [0.05, 0.1) is 27.3 Å². The Morgan fingerprint density at radius 1 is 1.21 bits per heavy atom. The van der Waals surface area contributed by atoms with Gasteiger partial charge in [0.2, 0.25) is 0 Å². The molecule has 1 unspecified atom stereocenters. The van der Waals surface area contributed by atoms with Crippen LogP contribution < -0.4 is 4.89 Å². The molecular formula is C10H16NO2P. The molecule has 0 aliphatic rings. The fourth-order valence-electron chi connectivity index (χ4n) is 1.03. The lowest BCUT2D eigenvalue weighted by Crippen LogP contribution is -2.36. The van der Waals surface area contributed by atoms with Gasteiger partial charge in [-0.05, 0) is 5.56 Å². The number of hydrogen-bond acceptors (Lipinski definition) is 2. The van der Waals surface area contributed by atoms with Gasteiger partial charge in [-0.25, -0.2) is 0 Å². The predicted molar refractivity (Wildman–Crippen MR) is 55.8 cm³/mol. The zero-order valence-electron chi connectivity index (χ0n) is 8.80. The van der Waals surface area contributed by atoms with E-state index in [9.17, 15) is 9.46 Å². The van der Waals surface area contributed by atoms with Crippen LogP contribution in [0.5, 0.6) is 0 Å². The molecule has 0 saturated carbocycles. The van der Waals surface area contributed by atoms with Crippen LogP contribution >= 0.6 is 7.52 Å². The molecule has 0 bridgehead atoms. The van der Waals surface area contributed by atoms with Crippen LogP contribution in [0.15, 0.2) is 30.3 Å². The molecule has 0 N–H and O–H groups in total. The molecule has 0 saturated heterocycles. The average Bonchev–Trinajstić information content (AvgIpc) is 2.03. The maximum absolute atomic E-state index is 11.8. The molecule has 1 aromatic carbocycles. The topological polar surface area (TPSA) is 40.1 Å². The summed E-state index contributed by atoms with van der Waals surface area (Å²) in [7, 11) is 1.62. The van der Waals surface area contributed by atoms with Crippen molar-refractivity contribution in [3.63, 3.8) is 0 Å². The van der Waals surface area contributed by atoms with Gasteiger partial charge < -0.3 is 9.15 Å². The Morgan fingerprint density at radius 3 is 2.14 bits per heavy atom. The fraction of sp³-hybridized carbons (Fsp3) is 0.400. The van der Waals surface area contributed by atoms with Gasteiger partial charge in [0.15, 0.2) is 7.52 Å². The number of nitrogens with zero attached hydrogens (tertiary/aromatic N) is 1. The van der Waals surface area contributed by atoms with Gasteiger partial charge in [-0.1, -0.05) is 30.3 Å². The third-order valence-electron chi connectivity index (χ3n) is 2.14. The molecule has 0 amide bonds. The van der Waals surface area contributed by atoms with E-state index in [0.717, 1.165) is 5.56 Å². The minimum atomic E-state index is -3.41. The van der Waals surface area contributed by atoms with Gasteiger partial charge >= 0.3 is 0 Å². The lowest BCUT2D eigenvalue weighted by molar-refractivity contribution is -0.766. The highest BCUT2D eigenvalue weighted by Gasteiger charge is 2.25. The first kappa shape index (κ1) is 11.4. The zero-order chi connectivity index (χ0) is 10.8. The molecule has 1 atom stereocenters. The summed E-state index contributed by atoms with van der Waals surface area (Å²) < 4.78 is 11.8. The third kappa shape index (κ3) is 2.68. The summed E-state index contributed by atoms with van der Waals surface area (Å²) in [6.45, 7) is 0. The van der Waals surface area contributed by atoms with Gasteiger partial charge in [0.25, 0.3) is 0 Å². The zero-order valence-corrected chi connectivity index (χ0v) is 9.70.